The molecule has 0 spiro atoms. The number of aliphatic imine (C=N–C) groups is 2. The fourth-order valence-electron chi connectivity index (χ4n) is 1.45. The average molecular weight is 269 g/mol. The lowest BCUT2D eigenvalue weighted by atomic mass is 10.4. The predicted molar refractivity (Wildman–Crippen MR) is 85.9 cm³/mol. The Balaban J connectivity index is 3.07. The minimum atomic E-state index is 0.876. The zero-order chi connectivity index (χ0) is 14.3. The first-order valence-electron chi connectivity index (χ1n) is 7.20. The molecular weight excluding hydrogens is 238 g/mol. The van der Waals surface area contributed by atoms with Gasteiger partial charge in [0.2, 0.25) is 0 Å². The van der Waals surface area contributed by atoms with Crippen molar-refractivity contribution in [2.75, 3.05) is 52.4 Å². The van der Waals surface area contributed by atoms with Gasteiger partial charge in [-0.05, 0) is 27.7 Å². The highest BCUT2D eigenvalue weighted by atomic mass is 15.0. The first-order valence-corrected chi connectivity index (χ1v) is 7.20. The van der Waals surface area contributed by atoms with Gasteiger partial charge in [0.05, 0.1) is 13.1 Å². The van der Waals surface area contributed by atoms with E-state index in [1.54, 1.807) is 0 Å². The van der Waals surface area contributed by atoms with Crippen LogP contribution in [0.2, 0.25) is 0 Å². The average Bonchev–Trinajstić information content (AvgIpc) is 2.34. The molecule has 0 heterocycles. The highest BCUT2D eigenvalue weighted by Crippen LogP contribution is 1.74. The monoisotopic (exact) mass is 269 g/mol. The summed E-state index contributed by atoms with van der Waals surface area (Å²) in [5.41, 5.74) is 2.29. The highest BCUT2D eigenvalue weighted by molar-refractivity contribution is 5.79. The second-order valence-corrected chi connectivity index (χ2v) is 4.91. The molecule has 0 aliphatic heterocycles. The smallest absolute Gasteiger partial charge is 0.0513 e. The molecule has 0 fully saturated rings. The van der Waals surface area contributed by atoms with Crippen LogP contribution < -0.4 is 16.0 Å². The van der Waals surface area contributed by atoms with E-state index in [2.05, 4.69) is 25.9 Å². The van der Waals surface area contributed by atoms with Gasteiger partial charge >= 0.3 is 0 Å². The number of hydrogen-bond donors (Lipinski definition) is 3. The standard InChI is InChI=1S/C14H31N5/c1-13(2)18-11-9-16-7-5-15-6-8-17-10-12-19-14(3)4/h15-17H,5-12H2,1-4H3. The van der Waals surface area contributed by atoms with Crippen LogP contribution in [0.3, 0.4) is 0 Å². The molecule has 0 aromatic carbocycles. The molecule has 0 radical (unpaired) electrons. The number of hydrogen-bond acceptors (Lipinski definition) is 5. The predicted octanol–water partition coefficient (Wildman–Crippen LogP) is 0.717. The number of rotatable bonds is 12. The lowest BCUT2D eigenvalue weighted by Gasteiger charge is -2.06. The van der Waals surface area contributed by atoms with E-state index in [1.165, 1.54) is 0 Å². The van der Waals surface area contributed by atoms with E-state index in [1.807, 2.05) is 27.7 Å². The van der Waals surface area contributed by atoms with Crippen LogP contribution >= 0.6 is 0 Å². The summed E-state index contributed by atoms with van der Waals surface area (Å²) in [5.74, 6) is 0. The zero-order valence-electron chi connectivity index (χ0n) is 13.1. The number of nitrogens with zero attached hydrogens (tertiary/aromatic N) is 2. The van der Waals surface area contributed by atoms with Gasteiger partial charge in [-0.15, -0.1) is 0 Å². The van der Waals surface area contributed by atoms with Crippen molar-refractivity contribution in [2.45, 2.75) is 27.7 Å². The first kappa shape index (κ1) is 18.2. The normalized spacial score (nSPS) is 10.3. The van der Waals surface area contributed by atoms with Crippen LogP contribution in [-0.2, 0) is 0 Å². The summed E-state index contributed by atoms with van der Waals surface area (Å²) in [6.07, 6.45) is 0. The molecule has 19 heavy (non-hydrogen) atoms. The van der Waals surface area contributed by atoms with Crippen LogP contribution in [0.1, 0.15) is 27.7 Å². The summed E-state index contributed by atoms with van der Waals surface area (Å²) in [6.45, 7) is 15.8. The van der Waals surface area contributed by atoms with Crippen molar-refractivity contribution in [1.29, 1.82) is 0 Å². The zero-order valence-corrected chi connectivity index (χ0v) is 13.1. The van der Waals surface area contributed by atoms with Crippen LogP contribution in [-0.4, -0.2) is 63.8 Å². The Morgan fingerprint density at radius 1 is 0.579 bits per heavy atom. The van der Waals surface area contributed by atoms with Crippen molar-refractivity contribution >= 4 is 11.4 Å². The molecule has 0 aromatic heterocycles. The molecular formula is C14H31N5. The molecule has 0 bridgehead atoms. The molecule has 0 amide bonds. The summed E-state index contributed by atoms with van der Waals surface area (Å²) in [4.78, 5) is 8.65. The molecule has 112 valence electrons. The van der Waals surface area contributed by atoms with E-state index in [0.717, 1.165) is 63.8 Å². The molecule has 0 saturated heterocycles. The molecule has 5 nitrogen and oxygen atoms in total. The second kappa shape index (κ2) is 13.6. The maximum absolute atomic E-state index is 4.33. The van der Waals surface area contributed by atoms with Gasteiger partial charge in [0, 0.05) is 50.7 Å². The molecule has 0 saturated carbocycles. The third-order valence-corrected chi connectivity index (χ3v) is 2.39. The topological polar surface area (TPSA) is 60.8 Å². The van der Waals surface area contributed by atoms with E-state index in [4.69, 9.17) is 0 Å². The van der Waals surface area contributed by atoms with Gasteiger partial charge in [-0.2, -0.15) is 0 Å². The van der Waals surface area contributed by atoms with E-state index in [9.17, 15) is 0 Å². The first-order chi connectivity index (χ1) is 9.13. The molecule has 0 rings (SSSR count). The van der Waals surface area contributed by atoms with E-state index >= 15 is 0 Å². The fourth-order valence-corrected chi connectivity index (χ4v) is 1.45. The SMILES string of the molecule is CC(C)=NCCNCCNCCNCCN=C(C)C. The van der Waals surface area contributed by atoms with Crippen molar-refractivity contribution in [3.63, 3.8) is 0 Å². The Hall–Kier alpha value is -0.780. The van der Waals surface area contributed by atoms with Crippen LogP contribution in [0, 0.1) is 0 Å². The van der Waals surface area contributed by atoms with Crippen LogP contribution in [0.25, 0.3) is 0 Å². The van der Waals surface area contributed by atoms with Crippen molar-refractivity contribution in [1.82, 2.24) is 16.0 Å². The highest BCUT2D eigenvalue weighted by Gasteiger charge is 1.89. The Kier molecular flexibility index (Phi) is 13.1. The Morgan fingerprint density at radius 2 is 0.895 bits per heavy atom. The van der Waals surface area contributed by atoms with Crippen molar-refractivity contribution in [3.8, 4) is 0 Å². The van der Waals surface area contributed by atoms with Crippen molar-refractivity contribution in [2.24, 2.45) is 9.98 Å². The van der Waals surface area contributed by atoms with Gasteiger partial charge in [0.1, 0.15) is 0 Å². The second-order valence-electron chi connectivity index (χ2n) is 4.91. The molecule has 5 heteroatoms. The van der Waals surface area contributed by atoms with Gasteiger partial charge in [-0.3, -0.25) is 9.98 Å². The van der Waals surface area contributed by atoms with E-state index < -0.39 is 0 Å². The van der Waals surface area contributed by atoms with Crippen LogP contribution in [0.15, 0.2) is 9.98 Å². The molecule has 0 unspecified atom stereocenters. The van der Waals surface area contributed by atoms with Crippen molar-refractivity contribution < 1.29 is 0 Å². The van der Waals surface area contributed by atoms with Crippen LogP contribution in [0.5, 0.6) is 0 Å². The summed E-state index contributed by atoms with van der Waals surface area (Å²) in [7, 11) is 0. The summed E-state index contributed by atoms with van der Waals surface area (Å²) in [5, 5.41) is 10.1. The summed E-state index contributed by atoms with van der Waals surface area (Å²) >= 11 is 0. The summed E-state index contributed by atoms with van der Waals surface area (Å²) in [6, 6.07) is 0. The molecule has 0 aliphatic carbocycles. The minimum Gasteiger partial charge on any atom is -0.314 e. The lowest BCUT2D eigenvalue weighted by molar-refractivity contribution is 0.586. The Bertz CT molecular complexity index is 227. The molecule has 3 N–H and O–H groups in total. The molecule has 0 aromatic rings. The van der Waals surface area contributed by atoms with E-state index in [-0.39, 0.29) is 0 Å². The Morgan fingerprint density at radius 3 is 1.21 bits per heavy atom. The maximum atomic E-state index is 4.33. The van der Waals surface area contributed by atoms with Gasteiger partial charge in [0.25, 0.3) is 0 Å². The Labute approximate surface area is 118 Å². The fraction of sp³-hybridized carbons (Fsp3) is 0.857. The third-order valence-electron chi connectivity index (χ3n) is 2.39. The maximum Gasteiger partial charge on any atom is 0.0513 e. The van der Waals surface area contributed by atoms with Crippen molar-refractivity contribution in [3.05, 3.63) is 0 Å². The third kappa shape index (κ3) is 17.2. The minimum absolute atomic E-state index is 0.876. The molecule has 0 aliphatic rings. The quantitative estimate of drug-likeness (QED) is 0.361. The van der Waals surface area contributed by atoms with Crippen LogP contribution in [0.4, 0.5) is 0 Å². The number of nitrogens with one attached hydrogen (secondary N) is 3. The van der Waals surface area contributed by atoms with Gasteiger partial charge in [-0.25, -0.2) is 0 Å². The van der Waals surface area contributed by atoms with Gasteiger partial charge < -0.3 is 16.0 Å². The van der Waals surface area contributed by atoms with Gasteiger partial charge in [-0.1, -0.05) is 0 Å². The lowest BCUT2D eigenvalue weighted by Crippen LogP contribution is -2.34. The largest absolute Gasteiger partial charge is 0.314 e. The summed E-state index contributed by atoms with van der Waals surface area (Å²) < 4.78 is 0. The molecule has 0 atom stereocenters. The van der Waals surface area contributed by atoms with Gasteiger partial charge in [0.15, 0.2) is 0 Å². The van der Waals surface area contributed by atoms with E-state index in [0.29, 0.717) is 0 Å².